The summed E-state index contributed by atoms with van der Waals surface area (Å²) in [6.07, 6.45) is 0.127. The van der Waals surface area contributed by atoms with Gasteiger partial charge in [-0.2, -0.15) is 0 Å². The van der Waals surface area contributed by atoms with Gasteiger partial charge in [-0.1, -0.05) is 0 Å². The van der Waals surface area contributed by atoms with Crippen LogP contribution < -0.4 is 10.6 Å². The van der Waals surface area contributed by atoms with Crippen LogP contribution in [0.5, 0.6) is 0 Å². The summed E-state index contributed by atoms with van der Waals surface area (Å²) >= 11 is 1.48. The number of thiazole rings is 1. The summed E-state index contributed by atoms with van der Waals surface area (Å²) in [6, 6.07) is -0.606. The number of imide groups is 1. The Hall–Kier alpha value is -1.96. The lowest BCUT2D eigenvalue weighted by Crippen LogP contribution is -2.39. The van der Waals surface area contributed by atoms with Gasteiger partial charge in [-0.3, -0.25) is 14.9 Å². The third-order valence-corrected chi connectivity index (χ3v) is 2.97. The fraction of sp³-hybridized carbons (Fsp3) is 0.455. The number of nitrogens with one attached hydrogen (secondary N) is 2. The topological polar surface area (TPSA) is 108 Å². The molecule has 3 amide bonds. The lowest BCUT2D eigenvalue weighted by Gasteiger charge is -2.04. The molecule has 1 rings (SSSR count). The Balaban J connectivity index is 2.19. The lowest BCUT2D eigenvalue weighted by atomic mass is 10.2. The molecule has 0 spiro atoms. The SMILES string of the molecule is Cc1nc(CNC(=O)NC(=O)CCCC(=O)O)cs1. The maximum Gasteiger partial charge on any atom is 0.321 e. The molecule has 19 heavy (non-hydrogen) atoms. The molecule has 7 nitrogen and oxygen atoms in total. The van der Waals surface area contributed by atoms with Gasteiger partial charge in [-0.05, 0) is 13.3 Å². The highest BCUT2D eigenvalue weighted by atomic mass is 32.1. The Morgan fingerprint density at radius 1 is 1.37 bits per heavy atom. The standard InChI is InChI=1S/C11H15N3O4S/c1-7-13-8(6-19-7)5-12-11(18)14-9(15)3-2-4-10(16)17/h6H,2-5H2,1H3,(H,16,17)(H2,12,14,15,18). The number of aromatic nitrogens is 1. The van der Waals surface area contributed by atoms with Crippen molar-refractivity contribution in [3.8, 4) is 0 Å². The van der Waals surface area contributed by atoms with E-state index in [1.807, 2.05) is 12.3 Å². The third-order valence-electron chi connectivity index (χ3n) is 2.14. The van der Waals surface area contributed by atoms with Crippen molar-refractivity contribution in [3.05, 3.63) is 16.1 Å². The van der Waals surface area contributed by atoms with E-state index in [1.54, 1.807) is 0 Å². The van der Waals surface area contributed by atoms with Crippen molar-refractivity contribution in [2.24, 2.45) is 0 Å². The van der Waals surface area contributed by atoms with Crippen LogP contribution in [0.4, 0.5) is 4.79 Å². The van der Waals surface area contributed by atoms with E-state index in [1.165, 1.54) is 11.3 Å². The van der Waals surface area contributed by atoms with E-state index in [0.717, 1.165) is 10.7 Å². The van der Waals surface area contributed by atoms with Gasteiger partial charge in [0.25, 0.3) is 0 Å². The largest absolute Gasteiger partial charge is 0.481 e. The quantitative estimate of drug-likeness (QED) is 0.723. The Morgan fingerprint density at radius 3 is 2.68 bits per heavy atom. The number of urea groups is 1. The smallest absolute Gasteiger partial charge is 0.321 e. The molecule has 8 heteroatoms. The Bertz CT molecular complexity index is 472. The van der Waals surface area contributed by atoms with E-state index < -0.39 is 17.9 Å². The molecule has 104 valence electrons. The van der Waals surface area contributed by atoms with Gasteiger partial charge in [0.1, 0.15) is 0 Å². The average Bonchev–Trinajstić information content (AvgIpc) is 2.72. The summed E-state index contributed by atoms with van der Waals surface area (Å²) in [5, 5.41) is 15.8. The zero-order valence-electron chi connectivity index (χ0n) is 10.4. The van der Waals surface area contributed by atoms with Crippen LogP contribution in [0.3, 0.4) is 0 Å². The average molecular weight is 285 g/mol. The minimum atomic E-state index is -0.962. The molecule has 0 saturated carbocycles. The summed E-state index contributed by atoms with van der Waals surface area (Å²) < 4.78 is 0. The van der Waals surface area contributed by atoms with Crippen molar-refractivity contribution >= 4 is 29.2 Å². The molecular formula is C11H15N3O4S. The van der Waals surface area contributed by atoms with E-state index >= 15 is 0 Å². The minimum Gasteiger partial charge on any atom is -0.481 e. The number of aryl methyl sites for hydroxylation is 1. The predicted molar refractivity (Wildman–Crippen MR) is 68.7 cm³/mol. The van der Waals surface area contributed by atoms with Crippen molar-refractivity contribution < 1.29 is 19.5 Å². The highest BCUT2D eigenvalue weighted by molar-refractivity contribution is 7.09. The molecule has 0 radical (unpaired) electrons. The third kappa shape index (κ3) is 6.51. The van der Waals surface area contributed by atoms with E-state index in [9.17, 15) is 14.4 Å². The number of aliphatic carboxylic acids is 1. The van der Waals surface area contributed by atoms with Gasteiger partial charge in [-0.25, -0.2) is 9.78 Å². The van der Waals surface area contributed by atoms with Crippen LogP contribution in [-0.2, 0) is 16.1 Å². The zero-order valence-corrected chi connectivity index (χ0v) is 11.2. The number of nitrogens with zero attached hydrogens (tertiary/aromatic N) is 1. The van der Waals surface area contributed by atoms with Crippen LogP contribution >= 0.6 is 11.3 Å². The van der Waals surface area contributed by atoms with Crippen molar-refractivity contribution in [1.29, 1.82) is 0 Å². The molecule has 3 N–H and O–H groups in total. The molecular weight excluding hydrogens is 270 g/mol. The van der Waals surface area contributed by atoms with Crippen LogP contribution in [0.15, 0.2) is 5.38 Å². The molecule has 0 aliphatic heterocycles. The number of amides is 3. The first-order valence-electron chi connectivity index (χ1n) is 5.68. The van der Waals surface area contributed by atoms with Crippen LogP contribution in [-0.4, -0.2) is 28.0 Å². The number of rotatable bonds is 6. The van der Waals surface area contributed by atoms with E-state index in [2.05, 4.69) is 15.6 Å². The van der Waals surface area contributed by atoms with E-state index in [4.69, 9.17) is 5.11 Å². The van der Waals surface area contributed by atoms with Crippen LogP contribution in [0.2, 0.25) is 0 Å². The van der Waals surface area contributed by atoms with Crippen molar-refractivity contribution in [2.75, 3.05) is 0 Å². The van der Waals surface area contributed by atoms with Gasteiger partial charge in [0.05, 0.1) is 17.2 Å². The van der Waals surface area contributed by atoms with Crippen LogP contribution in [0, 0.1) is 6.92 Å². The molecule has 1 aromatic heterocycles. The molecule has 0 fully saturated rings. The molecule has 0 atom stereocenters. The van der Waals surface area contributed by atoms with Gasteiger partial charge in [0, 0.05) is 18.2 Å². The van der Waals surface area contributed by atoms with Gasteiger partial charge < -0.3 is 10.4 Å². The number of hydrogen-bond acceptors (Lipinski definition) is 5. The minimum absolute atomic E-state index is 0.00945. The summed E-state index contributed by atoms with van der Waals surface area (Å²) in [7, 11) is 0. The first-order valence-corrected chi connectivity index (χ1v) is 6.56. The maximum atomic E-state index is 11.3. The Morgan fingerprint density at radius 2 is 2.11 bits per heavy atom. The number of carbonyl (C=O) groups excluding carboxylic acids is 2. The molecule has 0 unspecified atom stereocenters. The lowest BCUT2D eigenvalue weighted by molar-refractivity contribution is -0.137. The van der Waals surface area contributed by atoms with Crippen molar-refractivity contribution in [3.63, 3.8) is 0 Å². The molecule has 1 aromatic rings. The maximum absolute atomic E-state index is 11.3. The number of carboxylic acids is 1. The summed E-state index contributed by atoms with van der Waals surface area (Å²) in [5.74, 6) is -1.45. The van der Waals surface area contributed by atoms with E-state index in [0.29, 0.717) is 0 Å². The number of carbonyl (C=O) groups is 3. The summed E-state index contributed by atoms with van der Waals surface area (Å²) in [6.45, 7) is 2.11. The Labute approximate surface area is 114 Å². The summed E-state index contributed by atoms with van der Waals surface area (Å²) in [5.41, 5.74) is 0.732. The fourth-order valence-corrected chi connectivity index (χ4v) is 1.91. The predicted octanol–water partition coefficient (Wildman–Crippen LogP) is 1.03. The van der Waals surface area contributed by atoms with Crippen LogP contribution in [0.25, 0.3) is 0 Å². The molecule has 0 bridgehead atoms. The number of hydrogen-bond donors (Lipinski definition) is 3. The number of carboxylic acid groups (broad SMARTS) is 1. The second-order valence-corrected chi connectivity index (χ2v) is 4.90. The molecule has 0 aliphatic carbocycles. The highest BCUT2D eigenvalue weighted by Crippen LogP contribution is 2.07. The van der Waals surface area contributed by atoms with E-state index in [-0.39, 0.29) is 25.8 Å². The fourth-order valence-electron chi connectivity index (χ4n) is 1.29. The van der Waals surface area contributed by atoms with Crippen LogP contribution in [0.1, 0.15) is 30.0 Å². The van der Waals surface area contributed by atoms with Crippen molar-refractivity contribution in [2.45, 2.75) is 32.7 Å². The second-order valence-electron chi connectivity index (χ2n) is 3.84. The van der Waals surface area contributed by atoms with Gasteiger partial charge >= 0.3 is 12.0 Å². The first-order chi connectivity index (χ1) is 8.97. The zero-order chi connectivity index (χ0) is 14.3. The van der Waals surface area contributed by atoms with Crippen molar-refractivity contribution in [1.82, 2.24) is 15.6 Å². The molecule has 0 aliphatic rings. The van der Waals surface area contributed by atoms with Gasteiger partial charge in [0.2, 0.25) is 5.91 Å². The van der Waals surface area contributed by atoms with Gasteiger partial charge in [0.15, 0.2) is 0 Å². The summed E-state index contributed by atoms with van der Waals surface area (Å²) in [4.78, 5) is 37.0. The highest BCUT2D eigenvalue weighted by Gasteiger charge is 2.08. The first kappa shape index (κ1) is 15.1. The Kier molecular flexibility index (Phi) is 5.94. The van der Waals surface area contributed by atoms with Gasteiger partial charge in [-0.15, -0.1) is 11.3 Å². The second kappa shape index (κ2) is 7.47. The molecule has 0 saturated heterocycles. The monoisotopic (exact) mass is 285 g/mol. The molecule has 1 heterocycles. The molecule has 0 aromatic carbocycles. The normalized spacial score (nSPS) is 9.95.